The number of nitriles is 1. The molecule has 0 bridgehead atoms. The number of aryl methyl sites for hydroxylation is 1. The van der Waals surface area contributed by atoms with Gasteiger partial charge in [0.05, 0.1) is 17.3 Å². The van der Waals surface area contributed by atoms with Gasteiger partial charge in [-0.05, 0) is 56.9 Å². The molecular weight excluding hydrogens is 478 g/mol. The molecule has 0 N–H and O–H groups in total. The minimum Gasteiger partial charge on any atom is -0.492 e. The molecule has 184 valence electrons. The quantitative estimate of drug-likeness (QED) is 0.333. The Hall–Kier alpha value is -3.74. The molecule has 9 nitrogen and oxygen atoms in total. The van der Waals surface area contributed by atoms with Crippen LogP contribution in [0.25, 0.3) is 22.6 Å². The number of pyridine rings is 1. The van der Waals surface area contributed by atoms with Crippen LogP contribution < -0.4 is 9.47 Å². The summed E-state index contributed by atoms with van der Waals surface area (Å²) in [6.07, 6.45) is 4.54. The molecule has 1 aliphatic carbocycles. The average molecular weight is 504 g/mol. The van der Waals surface area contributed by atoms with E-state index in [-0.39, 0.29) is 5.88 Å². The average Bonchev–Trinajstić information content (AvgIpc) is 3.53. The maximum absolute atomic E-state index is 9.52. The summed E-state index contributed by atoms with van der Waals surface area (Å²) in [5.41, 5.74) is 2.89. The molecule has 4 aromatic rings. The van der Waals surface area contributed by atoms with Crippen molar-refractivity contribution in [2.24, 2.45) is 0 Å². The second kappa shape index (κ2) is 9.72. The number of likely N-dealkylation sites (N-methyl/N-ethyl adjacent to an activating group) is 1. The van der Waals surface area contributed by atoms with Gasteiger partial charge in [-0.1, -0.05) is 11.6 Å². The molecule has 36 heavy (non-hydrogen) atoms. The third-order valence-corrected chi connectivity index (χ3v) is 6.29. The van der Waals surface area contributed by atoms with Crippen molar-refractivity contribution in [2.45, 2.75) is 31.9 Å². The fourth-order valence-electron chi connectivity index (χ4n) is 3.84. The van der Waals surface area contributed by atoms with Gasteiger partial charge in [-0.2, -0.15) is 10.2 Å². The molecule has 0 atom stereocenters. The van der Waals surface area contributed by atoms with E-state index in [1.165, 1.54) is 6.33 Å². The number of hydrogen-bond acceptors (Lipinski definition) is 8. The van der Waals surface area contributed by atoms with Gasteiger partial charge in [-0.15, -0.1) is 0 Å². The molecule has 0 unspecified atom stereocenters. The number of nitrogens with zero attached hydrogens (tertiary/aromatic N) is 7. The Labute approximate surface area is 214 Å². The fraction of sp³-hybridized carbons (Fsp3) is 0.346. The summed E-state index contributed by atoms with van der Waals surface area (Å²) in [4.78, 5) is 20.3. The Morgan fingerprint density at radius 2 is 2.00 bits per heavy atom. The van der Waals surface area contributed by atoms with E-state index in [2.05, 4.69) is 25.9 Å². The molecule has 3 aromatic heterocycles. The van der Waals surface area contributed by atoms with E-state index in [0.29, 0.717) is 53.8 Å². The second-order valence-electron chi connectivity index (χ2n) is 9.20. The molecule has 1 fully saturated rings. The summed E-state index contributed by atoms with van der Waals surface area (Å²) in [6.45, 7) is 3.79. The van der Waals surface area contributed by atoms with Gasteiger partial charge in [-0.3, -0.25) is 4.98 Å². The first-order valence-corrected chi connectivity index (χ1v) is 12.1. The van der Waals surface area contributed by atoms with Crippen molar-refractivity contribution < 1.29 is 9.47 Å². The van der Waals surface area contributed by atoms with Gasteiger partial charge in [0.1, 0.15) is 30.6 Å². The van der Waals surface area contributed by atoms with Crippen LogP contribution >= 0.6 is 11.6 Å². The number of imidazole rings is 1. The zero-order valence-corrected chi connectivity index (χ0v) is 21.2. The molecule has 1 saturated carbocycles. The van der Waals surface area contributed by atoms with Crippen LogP contribution in [0.2, 0.25) is 5.02 Å². The maximum atomic E-state index is 9.52. The van der Waals surface area contributed by atoms with Crippen LogP contribution in [0.3, 0.4) is 0 Å². The minimum absolute atomic E-state index is 0.288. The van der Waals surface area contributed by atoms with Gasteiger partial charge in [0.2, 0.25) is 5.88 Å². The van der Waals surface area contributed by atoms with Gasteiger partial charge >= 0.3 is 0 Å². The topological polar surface area (TPSA) is 102 Å². The number of hydrogen-bond donors (Lipinski definition) is 0. The Morgan fingerprint density at radius 3 is 2.69 bits per heavy atom. The Kier molecular flexibility index (Phi) is 6.48. The molecule has 0 saturated heterocycles. The number of fused-ring (bicyclic) bond motifs is 1. The zero-order chi connectivity index (χ0) is 25.3. The summed E-state index contributed by atoms with van der Waals surface area (Å²) in [5.74, 6) is 1.57. The highest BCUT2D eigenvalue weighted by Crippen LogP contribution is 2.41. The molecule has 5 rings (SSSR count). The highest BCUT2D eigenvalue weighted by atomic mass is 35.5. The van der Waals surface area contributed by atoms with Crippen molar-refractivity contribution in [1.82, 2.24) is 29.4 Å². The lowest BCUT2D eigenvalue weighted by Crippen LogP contribution is -2.19. The van der Waals surface area contributed by atoms with Gasteiger partial charge in [0, 0.05) is 31.1 Å². The molecule has 0 spiro atoms. The summed E-state index contributed by atoms with van der Waals surface area (Å²) < 4.78 is 13.8. The molecule has 1 aliphatic rings. The van der Waals surface area contributed by atoms with E-state index in [9.17, 15) is 5.26 Å². The SMILES string of the molecule is Cc1ccnc(Cn2c(-c3ccc(OCCN(C)C)cc3Cl)nc3c(OC4(C#N)CC4)ncnc32)c1. The lowest BCUT2D eigenvalue weighted by molar-refractivity contribution is 0.230. The number of benzene rings is 1. The van der Waals surface area contributed by atoms with E-state index in [1.807, 2.05) is 49.9 Å². The summed E-state index contributed by atoms with van der Waals surface area (Å²) >= 11 is 6.74. The van der Waals surface area contributed by atoms with E-state index in [1.54, 1.807) is 12.3 Å². The third-order valence-electron chi connectivity index (χ3n) is 5.98. The van der Waals surface area contributed by atoms with Gasteiger partial charge in [0.15, 0.2) is 16.8 Å². The molecule has 1 aromatic carbocycles. The van der Waals surface area contributed by atoms with Gasteiger partial charge in [-0.25, -0.2) is 9.97 Å². The Bertz CT molecular complexity index is 1460. The monoisotopic (exact) mass is 503 g/mol. The standard InChI is InChI=1S/C26H26ClN7O2/c1-17-6-9-29-18(12-17)14-34-23(20-5-4-19(13-21(20)27)35-11-10-33(2)3)32-22-24(34)30-16-31-25(22)36-26(15-28)7-8-26/h4-6,9,12-13,16H,7-8,10-11,14H2,1-3H3. The number of halogens is 1. The summed E-state index contributed by atoms with van der Waals surface area (Å²) in [6, 6.07) is 11.8. The van der Waals surface area contributed by atoms with Crippen LogP contribution in [0.15, 0.2) is 42.9 Å². The first-order chi connectivity index (χ1) is 17.4. The van der Waals surface area contributed by atoms with Crippen molar-refractivity contribution in [1.29, 1.82) is 5.26 Å². The van der Waals surface area contributed by atoms with E-state index < -0.39 is 5.60 Å². The lowest BCUT2D eigenvalue weighted by Gasteiger charge is -2.13. The molecule has 0 aliphatic heterocycles. The van der Waals surface area contributed by atoms with Crippen LogP contribution in [0.5, 0.6) is 11.6 Å². The number of ether oxygens (including phenoxy) is 2. The largest absolute Gasteiger partial charge is 0.492 e. The normalized spacial score (nSPS) is 14.1. The van der Waals surface area contributed by atoms with Crippen LogP contribution in [0.4, 0.5) is 0 Å². The number of rotatable bonds is 9. The van der Waals surface area contributed by atoms with E-state index in [4.69, 9.17) is 26.1 Å². The number of aromatic nitrogens is 5. The lowest BCUT2D eigenvalue weighted by atomic mass is 10.2. The molecule has 3 heterocycles. The first kappa shape index (κ1) is 24.0. The third kappa shape index (κ3) is 4.96. The first-order valence-electron chi connectivity index (χ1n) is 11.7. The molecule has 0 radical (unpaired) electrons. The van der Waals surface area contributed by atoms with Crippen LogP contribution in [0, 0.1) is 18.3 Å². The summed E-state index contributed by atoms with van der Waals surface area (Å²) in [5, 5.41) is 10.0. The maximum Gasteiger partial charge on any atom is 0.247 e. The Balaban J connectivity index is 1.58. The van der Waals surface area contributed by atoms with Crippen molar-refractivity contribution in [3.8, 4) is 29.1 Å². The van der Waals surface area contributed by atoms with Crippen molar-refractivity contribution in [3.63, 3.8) is 0 Å². The fourth-order valence-corrected chi connectivity index (χ4v) is 4.10. The van der Waals surface area contributed by atoms with Crippen molar-refractivity contribution in [3.05, 3.63) is 59.1 Å². The van der Waals surface area contributed by atoms with E-state index in [0.717, 1.165) is 23.4 Å². The van der Waals surface area contributed by atoms with Crippen molar-refractivity contribution >= 4 is 22.8 Å². The van der Waals surface area contributed by atoms with Crippen LogP contribution in [0.1, 0.15) is 24.1 Å². The minimum atomic E-state index is -0.841. The summed E-state index contributed by atoms with van der Waals surface area (Å²) in [7, 11) is 3.99. The predicted octanol–water partition coefficient (Wildman–Crippen LogP) is 4.27. The van der Waals surface area contributed by atoms with Crippen LogP contribution in [-0.4, -0.2) is 62.3 Å². The van der Waals surface area contributed by atoms with Crippen molar-refractivity contribution in [2.75, 3.05) is 27.2 Å². The molecular formula is C26H26ClN7O2. The zero-order valence-electron chi connectivity index (χ0n) is 20.4. The Morgan fingerprint density at radius 1 is 1.17 bits per heavy atom. The highest BCUT2D eigenvalue weighted by molar-refractivity contribution is 6.33. The van der Waals surface area contributed by atoms with Crippen LogP contribution in [-0.2, 0) is 6.54 Å². The molecule has 10 heteroatoms. The second-order valence-corrected chi connectivity index (χ2v) is 9.61. The highest BCUT2D eigenvalue weighted by Gasteiger charge is 2.47. The smallest absolute Gasteiger partial charge is 0.247 e. The van der Waals surface area contributed by atoms with Gasteiger partial charge < -0.3 is 18.9 Å². The molecule has 0 amide bonds. The van der Waals surface area contributed by atoms with Gasteiger partial charge in [0.25, 0.3) is 0 Å². The van der Waals surface area contributed by atoms with E-state index >= 15 is 0 Å². The predicted molar refractivity (Wildman–Crippen MR) is 136 cm³/mol.